The number of rotatable bonds is 7. The molecule has 0 bridgehead atoms. The van der Waals surface area contributed by atoms with E-state index in [2.05, 4.69) is 15.3 Å². The van der Waals surface area contributed by atoms with Crippen molar-refractivity contribution in [1.82, 2.24) is 20.2 Å². The largest absolute Gasteiger partial charge is 0.473 e. The zero-order chi connectivity index (χ0) is 19.1. The monoisotopic (exact) mass is 382 g/mol. The van der Waals surface area contributed by atoms with Gasteiger partial charge in [0.05, 0.1) is 17.2 Å². The number of hydrogen-bond acceptors (Lipinski definition) is 5. The second-order valence-electron chi connectivity index (χ2n) is 6.15. The van der Waals surface area contributed by atoms with Crippen LogP contribution in [0.4, 0.5) is 4.79 Å². The lowest BCUT2D eigenvalue weighted by atomic mass is 10.2. The summed E-state index contributed by atoms with van der Waals surface area (Å²) in [4.78, 5) is 22.5. The maximum Gasteiger partial charge on any atom is 0.317 e. The van der Waals surface area contributed by atoms with Gasteiger partial charge < -0.3 is 15.0 Å². The first kappa shape index (κ1) is 18.8. The molecule has 0 aliphatic rings. The summed E-state index contributed by atoms with van der Waals surface area (Å²) in [7, 11) is 1.75. The van der Waals surface area contributed by atoms with Crippen LogP contribution in [0.2, 0.25) is 0 Å². The van der Waals surface area contributed by atoms with Gasteiger partial charge in [0.25, 0.3) is 0 Å². The van der Waals surface area contributed by atoms with E-state index in [1.807, 2.05) is 54.8 Å². The first-order valence-corrected chi connectivity index (χ1v) is 9.50. The zero-order valence-electron chi connectivity index (χ0n) is 15.4. The number of carbonyl (C=O) groups is 1. The quantitative estimate of drug-likeness (QED) is 0.675. The molecule has 0 atom stereocenters. The Labute approximate surface area is 162 Å². The second-order valence-corrected chi connectivity index (χ2v) is 7.21. The van der Waals surface area contributed by atoms with Crippen molar-refractivity contribution in [3.8, 4) is 5.88 Å². The predicted molar refractivity (Wildman–Crippen MR) is 106 cm³/mol. The van der Waals surface area contributed by atoms with E-state index < -0.39 is 0 Å². The van der Waals surface area contributed by atoms with Gasteiger partial charge in [0.1, 0.15) is 6.61 Å². The summed E-state index contributed by atoms with van der Waals surface area (Å²) in [6.45, 7) is 3.30. The standard InChI is InChI=1S/C20H22N4O2S/c1-15-23-18(14-27-15)12-24(2)20(25)22-11-17-8-9-21-19(10-17)26-13-16-6-4-3-5-7-16/h3-10,14H,11-13H2,1-2H3,(H,22,25). The predicted octanol–water partition coefficient (Wildman–Crippen LogP) is 3.77. The molecule has 0 saturated carbocycles. The van der Waals surface area contributed by atoms with Crippen molar-refractivity contribution in [3.63, 3.8) is 0 Å². The van der Waals surface area contributed by atoms with Crippen LogP contribution in [0, 0.1) is 6.92 Å². The van der Waals surface area contributed by atoms with Gasteiger partial charge in [-0.25, -0.2) is 14.8 Å². The molecule has 3 aromatic rings. The number of carbonyl (C=O) groups excluding carboxylic acids is 1. The Hall–Kier alpha value is -2.93. The normalized spacial score (nSPS) is 10.4. The van der Waals surface area contributed by atoms with E-state index in [0.717, 1.165) is 21.8 Å². The van der Waals surface area contributed by atoms with Gasteiger partial charge in [0.2, 0.25) is 5.88 Å². The van der Waals surface area contributed by atoms with Crippen LogP contribution >= 0.6 is 11.3 Å². The Morgan fingerprint density at radius 1 is 1.22 bits per heavy atom. The lowest BCUT2D eigenvalue weighted by molar-refractivity contribution is 0.206. The lowest BCUT2D eigenvalue weighted by Gasteiger charge is -2.17. The summed E-state index contributed by atoms with van der Waals surface area (Å²) >= 11 is 1.58. The number of benzene rings is 1. The van der Waals surface area contributed by atoms with E-state index in [-0.39, 0.29) is 6.03 Å². The SMILES string of the molecule is Cc1nc(CN(C)C(=O)NCc2ccnc(OCc3ccccc3)c2)cs1. The van der Waals surface area contributed by atoms with Crippen molar-refractivity contribution < 1.29 is 9.53 Å². The number of ether oxygens (including phenoxy) is 1. The molecular weight excluding hydrogens is 360 g/mol. The van der Waals surface area contributed by atoms with Crippen LogP contribution in [0.1, 0.15) is 21.8 Å². The highest BCUT2D eigenvalue weighted by atomic mass is 32.1. The minimum atomic E-state index is -0.149. The summed E-state index contributed by atoms with van der Waals surface area (Å²) in [6, 6.07) is 13.5. The van der Waals surface area contributed by atoms with Crippen molar-refractivity contribution in [2.75, 3.05) is 7.05 Å². The van der Waals surface area contributed by atoms with Crippen LogP contribution in [-0.2, 0) is 19.7 Å². The molecule has 1 N–H and O–H groups in total. The first-order chi connectivity index (χ1) is 13.1. The van der Waals surface area contributed by atoms with Gasteiger partial charge in [-0.05, 0) is 24.1 Å². The minimum Gasteiger partial charge on any atom is -0.473 e. The number of nitrogens with zero attached hydrogens (tertiary/aromatic N) is 3. The first-order valence-electron chi connectivity index (χ1n) is 8.62. The third kappa shape index (κ3) is 5.79. The van der Waals surface area contributed by atoms with Crippen molar-refractivity contribution >= 4 is 17.4 Å². The maximum atomic E-state index is 12.3. The van der Waals surface area contributed by atoms with E-state index in [1.165, 1.54) is 0 Å². The average Bonchev–Trinajstić information content (AvgIpc) is 3.10. The van der Waals surface area contributed by atoms with E-state index in [9.17, 15) is 4.79 Å². The van der Waals surface area contributed by atoms with Crippen molar-refractivity contribution in [1.29, 1.82) is 0 Å². The van der Waals surface area contributed by atoms with Gasteiger partial charge in [-0.2, -0.15) is 0 Å². The maximum absolute atomic E-state index is 12.3. The zero-order valence-corrected chi connectivity index (χ0v) is 16.2. The number of aromatic nitrogens is 2. The highest BCUT2D eigenvalue weighted by molar-refractivity contribution is 7.09. The lowest BCUT2D eigenvalue weighted by Crippen LogP contribution is -2.36. The molecule has 0 fully saturated rings. The molecule has 1 aromatic carbocycles. The molecule has 0 radical (unpaired) electrons. The minimum absolute atomic E-state index is 0.149. The molecule has 0 aliphatic carbocycles. The fourth-order valence-corrected chi connectivity index (χ4v) is 3.08. The Kier molecular flexibility index (Phi) is 6.38. The molecule has 7 heteroatoms. The fraction of sp³-hybridized carbons (Fsp3) is 0.250. The number of aryl methyl sites for hydroxylation is 1. The molecule has 3 rings (SSSR count). The van der Waals surface area contributed by atoms with Gasteiger partial charge >= 0.3 is 6.03 Å². The van der Waals surface area contributed by atoms with Crippen LogP contribution in [0.5, 0.6) is 5.88 Å². The van der Waals surface area contributed by atoms with Gasteiger partial charge in [0.15, 0.2) is 0 Å². The molecule has 27 heavy (non-hydrogen) atoms. The van der Waals surface area contributed by atoms with Gasteiger partial charge in [-0.3, -0.25) is 0 Å². The molecule has 2 amide bonds. The van der Waals surface area contributed by atoms with E-state index in [1.54, 1.807) is 29.5 Å². The van der Waals surface area contributed by atoms with E-state index >= 15 is 0 Å². The summed E-state index contributed by atoms with van der Waals surface area (Å²) in [6.07, 6.45) is 1.68. The van der Waals surface area contributed by atoms with Crippen LogP contribution in [0.3, 0.4) is 0 Å². The van der Waals surface area contributed by atoms with Crippen molar-refractivity contribution in [2.45, 2.75) is 26.6 Å². The number of pyridine rings is 1. The van der Waals surface area contributed by atoms with Crippen LogP contribution in [0.25, 0.3) is 0 Å². The smallest absolute Gasteiger partial charge is 0.317 e. The molecule has 140 valence electrons. The topological polar surface area (TPSA) is 67.4 Å². The summed E-state index contributed by atoms with van der Waals surface area (Å²) in [5, 5.41) is 5.88. The average molecular weight is 382 g/mol. The Balaban J connectivity index is 1.49. The van der Waals surface area contributed by atoms with Gasteiger partial charge in [-0.1, -0.05) is 30.3 Å². The van der Waals surface area contributed by atoms with Crippen molar-refractivity contribution in [2.24, 2.45) is 0 Å². The molecule has 6 nitrogen and oxygen atoms in total. The molecule has 0 saturated heterocycles. The molecule has 0 aliphatic heterocycles. The van der Waals surface area contributed by atoms with Crippen LogP contribution < -0.4 is 10.1 Å². The summed E-state index contributed by atoms with van der Waals surface area (Å²) in [5.41, 5.74) is 2.91. The van der Waals surface area contributed by atoms with E-state index in [4.69, 9.17) is 4.74 Å². The highest BCUT2D eigenvalue weighted by Crippen LogP contribution is 2.12. The number of urea groups is 1. The third-order valence-electron chi connectivity index (χ3n) is 3.88. The number of hydrogen-bond donors (Lipinski definition) is 1. The fourth-order valence-electron chi connectivity index (χ4n) is 2.48. The van der Waals surface area contributed by atoms with Crippen LogP contribution in [-0.4, -0.2) is 27.9 Å². The van der Waals surface area contributed by atoms with Gasteiger partial charge in [0, 0.05) is 31.2 Å². The van der Waals surface area contributed by atoms with Crippen LogP contribution in [0.15, 0.2) is 54.0 Å². The van der Waals surface area contributed by atoms with Gasteiger partial charge in [-0.15, -0.1) is 11.3 Å². The third-order valence-corrected chi connectivity index (χ3v) is 4.71. The number of thiazole rings is 1. The Bertz CT molecular complexity index is 882. The molecule has 2 aromatic heterocycles. The molecule has 2 heterocycles. The molecular formula is C20H22N4O2S. The Morgan fingerprint density at radius 2 is 2.04 bits per heavy atom. The molecule has 0 spiro atoms. The Morgan fingerprint density at radius 3 is 2.78 bits per heavy atom. The summed E-state index contributed by atoms with van der Waals surface area (Å²) < 4.78 is 5.73. The second kappa shape index (κ2) is 9.14. The number of amides is 2. The highest BCUT2D eigenvalue weighted by Gasteiger charge is 2.10. The molecule has 0 unspecified atom stereocenters. The number of nitrogens with one attached hydrogen (secondary N) is 1. The van der Waals surface area contributed by atoms with Crippen molar-refractivity contribution in [3.05, 3.63) is 75.9 Å². The summed E-state index contributed by atoms with van der Waals surface area (Å²) in [5.74, 6) is 0.539. The van der Waals surface area contributed by atoms with E-state index in [0.29, 0.717) is 25.6 Å².